The molecule has 0 saturated heterocycles. The molecule has 0 aliphatic heterocycles. The highest BCUT2D eigenvalue weighted by Gasteiger charge is 2.01. The molecule has 0 unspecified atom stereocenters. The quantitative estimate of drug-likeness (QED) is 0.827. The summed E-state index contributed by atoms with van der Waals surface area (Å²) >= 11 is 0. The molecule has 0 saturated carbocycles. The lowest BCUT2D eigenvalue weighted by Crippen LogP contribution is -2.02. The smallest absolute Gasteiger partial charge is 0.0952 e. The van der Waals surface area contributed by atoms with Crippen LogP contribution in [0.5, 0.6) is 0 Å². The van der Waals surface area contributed by atoms with Crippen LogP contribution in [-0.2, 0) is 17.9 Å². The largest absolute Gasteiger partial charge is 0.472 e. The second-order valence-electron chi connectivity index (χ2n) is 3.78. The lowest BCUT2D eigenvalue weighted by atomic mass is 10.2. The number of hydrogen-bond donors (Lipinski definition) is 1. The highest BCUT2D eigenvalue weighted by molar-refractivity contribution is 5.51. The lowest BCUT2D eigenvalue weighted by Gasteiger charge is -2.11. The molecule has 0 bridgehead atoms. The van der Waals surface area contributed by atoms with Crippen LogP contribution in [-0.4, -0.2) is 6.61 Å². The standard InChI is InChI=1S/C14H17NO2/c1-2-16-11-13-5-3-4-6-14(13)15-9-12-7-8-17-10-12/h3-8,10,15H,2,9,11H2,1H3. The highest BCUT2D eigenvalue weighted by atomic mass is 16.5. The van der Waals surface area contributed by atoms with Crippen LogP contribution in [0.25, 0.3) is 0 Å². The molecule has 1 N–H and O–H groups in total. The van der Waals surface area contributed by atoms with Crippen LogP contribution in [0.3, 0.4) is 0 Å². The van der Waals surface area contributed by atoms with Gasteiger partial charge >= 0.3 is 0 Å². The van der Waals surface area contributed by atoms with Gasteiger partial charge in [0.15, 0.2) is 0 Å². The number of ether oxygens (including phenoxy) is 1. The normalized spacial score (nSPS) is 10.4. The zero-order valence-corrected chi connectivity index (χ0v) is 9.98. The van der Waals surface area contributed by atoms with Crippen molar-refractivity contribution in [2.24, 2.45) is 0 Å². The van der Waals surface area contributed by atoms with E-state index >= 15 is 0 Å². The van der Waals surface area contributed by atoms with E-state index in [4.69, 9.17) is 9.15 Å². The molecular formula is C14H17NO2. The fourth-order valence-corrected chi connectivity index (χ4v) is 1.62. The van der Waals surface area contributed by atoms with Gasteiger partial charge < -0.3 is 14.5 Å². The van der Waals surface area contributed by atoms with Gasteiger partial charge in [0.2, 0.25) is 0 Å². The molecule has 90 valence electrons. The summed E-state index contributed by atoms with van der Waals surface area (Å²) in [5.74, 6) is 0. The average Bonchev–Trinajstić information content (AvgIpc) is 2.88. The summed E-state index contributed by atoms with van der Waals surface area (Å²) < 4.78 is 10.5. The Hall–Kier alpha value is -1.74. The molecule has 0 radical (unpaired) electrons. The van der Waals surface area contributed by atoms with Gasteiger partial charge in [0, 0.05) is 30.0 Å². The van der Waals surface area contributed by atoms with Crippen LogP contribution in [0.1, 0.15) is 18.1 Å². The van der Waals surface area contributed by atoms with Gasteiger partial charge in [-0.15, -0.1) is 0 Å². The molecule has 0 spiro atoms. The molecule has 0 aliphatic rings. The van der Waals surface area contributed by atoms with Crippen molar-refractivity contribution in [2.45, 2.75) is 20.1 Å². The fraction of sp³-hybridized carbons (Fsp3) is 0.286. The molecule has 1 heterocycles. The van der Waals surface area contributed by atoms with Crippen LogP contribution in [0.4, 0.5) is 5.69 Å². The predicted molar refractivity (Wildman–Crippen MR) is 67.8 cm³/mol. The summed E-state index contributed by atoms with van der Waals surface area (Å²) in [4.78, 5) is 0. The number of furan rings is 1. The van der Waals surface area contributed by atoms with E-state index in [1.165, 1.54) is 5.56 Å². The molecule has 1 aromatic carbocycles. The van der Waals surface area contributed by atoms with E-state index in [9.17, 15) is 0 Å². The first kappa shape index (κ1) is 11.7. The van der Waals surface area contributed by atoms with Crippen molar-refractivity contribution in [2.75, 3.05) is 11.9 Å². The van der Waals surface area contributed by atoms with Gasteiger partial charge in [-0.2, -0.15) is 0 Å². The third kappa shape index (κ3) is 3.36. The van der Waals surface area contributed by atoms with E-state index in [0.717, 1.165) is 24.4 Å². The molecular weight excluding hydrogens is 214 g/mol. The Morgan fingerprint density at radius 3 is 2.88 bits per heavy atom. The Labute approximate surface area is 101 Å². The molecule has 0 fully saturated rings. The van der Waals surface area contributed by atoms with Crippen LogP contribution in [0, 0.1) is 0 Å². The average molecular weight is 231 g/mol. The first-order valence-electron chi connectivity index (χ1n) is 5.80. The first-order valence-corrected chi connectivity index (χ1v) is 5.80. The molecule has 3 heteroatoms. The maximum Gasteiger partial charge on any atom is 0.0952 e. The van der Waals surface area contributed by atoms with Gasteiger partial charge in [-0.25, -0.2) is 0 Å². The molecule has 0 aliphatic carbocycles. The van der Waals surface area contributed by atoms with Crippen LogP contribution in [0.2, 0.25) is 0 Å². The summed E-state index contributed by atoms with van der Waals surface area (Å²) in [6.45, 7) is 4.14. The number of nitrogens with one attached hydrogen (secondary N) is 1. The van der Waals surface area contributed by atoms with Crippen molar-refractivity contribution in [1.82, 2.24) is 0 Å². The van der Waals surface area contributed by atoms with E-state index in [-0.39, 0.29) is 0 Å². The number of para-hydroxylation sites is 1. The predicted octanol–water partition coefficient (Wildman–Crippen LogP) is 3.43. The van der Waals surface area contributed by atoms with E-state index in [2.05, 4.69) is 17.4 Å². The third-order valence-corrected chi connectivity index (χ3v) is 2.54. The summed E-state index contributed by atoms with van der Waals surface area (Å²) in [7, 11) is 0. The topological polar surface area (TPSA) is 34.4 Å². The van der Waals surface area contributed by atoms with E-state index in [1.54, 1.807) is 12.5 Å². The minimum Gasteiger partial charge on any atom is -0.472 e. The van der Waals surface area contributed by atoms with Gasteiger partial charge in [0.25, 0.3) is 0 Å². The number of benzene rings is 1. The molecule has 3 nitrogen and oxygen atoms in total. The molecule has 1 aromatic heterocycles. The number of anilines is 1. The molecule has 0 atom stereocenters. The fourth-order valence-electron chi connectivity index (χ4n) is 1.62. The van der Waals surface area contributed by atoms with Gasteiger partial charge in [-0.3, -0.25) is 0 Å². The van der Waals surface area contributed by atoms with E-state index < -0.39 is 0 Å². The molecule has 17 heavy (non-hydrogen) atoms. The zero-order chi connectivity index (χ0) is 11.9. The minimum atomic E-state index is 0.644. The van der Waals surface area contributed by atoms with Crippen molar-refractivity contribution in [1.29, 1.82) is 0 Å². The maximum absolute atomic E-state index is 5.44. The van der Waals surface area contributed by atoms with Crippen LogP contribution in [0.15, 0.2) is 47.3 Å². The van der Waals surface area contributed by atoms with Crippen molar-refractivity contribution >= 4 is 5.69 Å². The second-order valence-corrected chi connectivity index (χ2v) is 3.78. The summed E-state index contributed by atoms with van der Waals surface area (Å²) in [6, 6.07) is 10.1. The second kappa shape index (κ2) is 6.11. The SMILES string of the molecule is CCOCc1ccccc1NCc1ccoc1. The van der Waals surface area contributed by atoms with Gasteiger partial charge in [-0.1, -0.05) is 18.2 Å². The Morgan fingerprint density at radius 1 is 1.24 bits per heavy atom. The summed E-state index contributed by atoms with van der Waals surface area (Å²) in [5, 5.41) is 3.38. The monoisotopic (exact) mass is 231 g/mol. The van der Waals surface area contributed by atoms with E-state index in [1.807, 2.05) is 25.1 Å². The van der Waals surface area contributed by atoms with Crippen molar-refractivity contribution in [3.05, 3.63) is 54.0 Å². The number of hydrogen-bond acceptors (Lipinski definition) is 3. The highest BCUT2D eigenvalue weighted by Crippen LogP contribution is 2.17. The first-order chi connectivity index (χ1) is 8.40. The molecule has 0 amide bonds. The van der Waals surface area contributed by atoms with Gasteiger partial charge in [0.05, 0.1) is 19.1 Å². The zero-order valence-electron chi connectivity index (χ0n) is 9.98. The number of rotatable bonds is 6. The van der Waals surface area contributed by atoms with Crippen LogP contribution >= 0.6 is 0 Å². The Kier molecular flexibility index (Phi) is 4.22. The summed E-state index contributed by atoms with van der Waals surface area (Å²) in [5.41, 5.74) is 3.43. The Balaban J connectivity index is 1.99. The summed E-state index contributed by atoms with van der Waals surface area (Å²) in [6.07, 6.45) is 3.43. The molecule has 2 rings (SSSR count). The maximum atomic E-state index is 5.44. The van der Waals surface area contributed by atoms with Crippen LogP contribution < -0.4 is 5.32 Å². The van der Waals surface area contributed by atoms with Gasteiger partial charge in [-0.05, 0) is 19.1 Å². The Morgan fingerprint density at radius 2 is 2.12 bits per heavy atom. The molecule has 2 aromatic rings. The lowest BCUT2D eigenvalue weighted by molar-refractivity contribution is 0.134. The van der Waals surface area contributed by atoms with Crippen molar-refractivity contribution in [3.8, 4) is 0 Å². The Bertz CT molecular complexity index is 437. The minimum absolute atomic E-state index is 0.644. The third-order valence-electron chi connectivity index (χ3n) is 2.54. The van der Waals surface area contributed by atoms with E-state index in [0.29, 0.717) is 6.61 Å². The van der Waals surface area contributed by atoms with Gasteiger partial charge in [0.1, 0.15) is 0 Å². The van der Waals surface area contributed by atoms with Crippen molar-refractivity contribution in [3.63, 3.8) is 0 Å². The van der Waals surface area contributed by atoms with Crippen molar-refractivity contribution < 1.29 is 9.15 Å².